The van der Waals surface area contributed by atoms with Crippen LogP contribution in [-0.2, 0) is 0 Å². The first kappa shape index (κ1) is 15.6. The number of nitrogens with zero attached hydrogens (tertiary/aromatic N) is 2. The van der Waals surface area contributed by atoms with E-state index in [0.29, 0.717) is 12.1 Å². The van der Waals surface area contributed by atoms with Gasteiger partial charge < -0.3 is 5.32 Å². The van der Waals surface area contributed by atoms with Crippen LogP contribution < -0.4 is 5.32 Å². The van der Waals surface area contributed by atoms with Crippen LogP contribution in [0.4, 0.5) is 0 Å². The largest absolute Gasteiger partial charge is 0.312 e. The Balaban J connectivity index is 2.23. The van der Waals surface area contributed by atoms with E-state index in [-0.39, 0.29) is 0 Å². The molecule has 0 spiro atoms. The molecule has 2 rings (SSSR count). The second-order valence-electron chi connectivity index (χ2n) is 6.46. The molecule has 3 nitrogen and oxygen atoms in total. The molecular weight excluding hydrogens is 246 g/mol. The number of aromatic nitrogens is 2. The van der Waals surface area contributed by atoms with Crippen LogP contribution >= 0.6 is 0 Å². The molecule has 0 radical (unpaired) electrons. The zero-order valence-corrected chi connectivity index (χ0v) is 13.9. The van der Waals surface area contributed by atoms with Gasteiger partial charge in [-0.3, -0.25) is 4.68 Å². The lowest BCUT2D eigenvalue weighted by Gasteiger charge is -2.37. The molecule has 3 heteroatoms. The van der Waals surface area contributed by atoms with Gasteiger partial charge in [-0.15, -0.1) is 0 Å². The van der Waals surface area contributed by atoms with Crippen LogP contribution in [0.15, 0.2) is 0 Å². The summed E-state index contributed by atoms with van der Waals surface area (Å²) < 4.78 is 2.32. The number of hydrogen-bond donors (Lipinski definition) is 1. The third-order valence-corrected chi connectivity index (χ3v) is 5.16. The van der Waals surface area contributed by atoms with E-state index >= 15 is 0 Å². The maximum absolute atomic E-state index is 4.84. The van der Waals surface area contributed by atoms with Crippen LogP contribution in [0.5, 0.6) is 0 Å². The molecule has 0 aromatic carbocycles. The van der Waals surface area contributed by atoms with Gasteiger partial charge in [0.15, 0.2) is 0 Å². The Morgan fingerprint density at radius 3 is 2.50 bits per heavy atom. The quantitative estimate of drug-likeness (QED) is 0.884. The van der Waals surface area contributed by atoms with Crippen LogP contribution in [-0.4, -0.2) is 22.4 Å². The molecule has 1 heterocycles. The summed E-state index contributed by atoms with van der Waals surface area (Å²) in [5.41, 5.74) is 3.90. The minimum atomic E-state index is 0.535. The zero-order chi connectivity index (χ0) is 14.7. The van der Waals surface area contributed by atoms with Crippen molar-refractivity contribution in [1.82, 2.24) is 15.1 Å². The molecule has 1 aromatic heterocycles. The van der Waals surface area contributed by atoms with Gasteiger partial charge in [-0.2, -0.15) is 5.10 Å². The average Bonchev–Trinajstić information content (AvgIpc) is 2.72. The molecule has 1 N–H and O–H groups in total. The summed E-state index contributed by atoms with van der Waals surface area (Å²) in [7, 11) is 0. The van der Waals surface area contributed by atoms with Gasteiger partial charge in [-0.25, -0.2) is 0 Å². The Hall–Kier alpha value is -0.830. The molecule has 1 saturated carbocycles. The summed E-state index contributed by atoms with van der Waals surface area (Å²) in [6, 6.07) is 1.13. The van der Waals surface area contributed by atoms with Gasteiger partial charge in [0.05, 0.1) is 11.7 Å². The van der Waals surface area contributed by atoms with Crippen molar-refractivity contribution < 1.29 is 0 Å². The first-order valence-corrected chi connectivity index (χ1v) is 8.34. The van der Waals surface area contributed by atoms with Crippen molar-refractivity contribution in [3.05, 3.63) is 17.0 Å². The molecule has 0 bridgehead atoms. The lowest BCUT2D eigenvalue weighted by atomic mass is 9.81. The van der Waals surface area contributed by atoms with E-state index in [1.165, 1.54) is 49.1 Å². The van der Waals surface area contributed by atoms with Crippen molar-refractivity contribution in [2.75, 3.05) is 6.54 Å². The highest BCUT2D eigenvalue weighted by Crippen LogP contribution is 2.35. The number of nitrogens with one attached hydrogen (secondary N) is 1. The van der Waals surface area contributed by atoms with Gasteiger partial charge in [0.25, 0.3) is 0 Å². The lowest BCUT2D eigenvalue weighted by Crippen LogP contribution is -2.42. The molecular formula is C17H31N3. The minimum absolute atomic E-state index is 0.535. The summed E-state index contributed by atoms with van der Waals surface area (Å²) in [5, 5.41) is 8.60. The van der Waals surface area contributed by atoms with Gasteiger partial charge in [0.1, 0.15) is 0 Å². The van der Waals surface area contributed by atoms with E-state index in [1.54, 1.807) is 0 Å². The summed E-state index contributed by atoms with van der Waals surface area (Å²) in [4.78, 5) is 0. The van der Waals surface area contributed by atoms with Crippen molar-refractivity contribution >= 4 is 0 Å². The molecule has 20 heavy (non-hydrogen) atoms. The van der Waals surface area contributed by atoms with Crippen molar-refractivity contribution in [2.24, 2.45) is 5.92 Å². The fourth-order valence-electron chi connectivity index (χ4n) is 3.51. The van der Waals surface area contributed by atoms with Crippen molar-refractivity contribution in [3.63, 3.8) is 0 Å². The molecule has 3 atom stereocenters. The number of rotatable bonds is 5. The van der Waals surface area contributed by atoms with Crippen LogP contribution in [0.3, 0.4) is 0 Å². The molecule has 1 aromatic rings. The van der Waals surface area contributed by atoms with Gasteiger partial charge in [-0.1, -0.05) is 20.3 Å². The standard InChI is InChI=1S/C17H31N3/c1-6-10-18-16-9-8-15(7-2)11-17(16)20-14(5)12(3)13(4)19-20/h15-18H,6-11H2,1-5H3. The first-order chi connectivity index (χ1) is 9.58. The fraction of sp³-hybridized carbons (Fsp3) is 0.824. The first-order valence-electron chi connectivity index (χ1n) is 8.34. The molecule has 1 aliphatic rings. The molecule has 1 fully saturated rings. The summed E-state index contributed by atoms with van der Waals surface area (Å²) >= 11 is 0. The monoisotopic (exact) mass is 277 g/mol. The van der Waals surface area contributed by atoms with E-state index in [1.807, 2.05) is 0 Å². The molecule has 0 amide bonds. The Bertz CT molecular complexity index is 436. The third kappa shape index (κ3) is 3.08. The van der Waals surface area contributed by atoms with E-state index in [2.05, 4.69) is 44.6 Å². The average molecular weight is 277 g/mol. The van der Waals surface area contributed by atoms with Gasteiger partial charge in [0.2, 0.25) is 0 Å². The molecule has 3 unspecified atom stereocenters. The molecule has 0 aliphatic heterocycles. The zero-order valence-electron chi connectivity index (χ0n) is 13.9. The highest BCUT2D eigenvalue weighted by atomic mass is 15.3. The maximum Gasteiger partial charge on any atom is 0.0678 e. The Kier molecular flexibility index (Phi) is 5.25. The van der Waals surface area contributed by atoms with E-state index in [0.717, 1.165) is 12.5 Å². The Labute approximate surface area is 124 Å². The van der Waals surface area contributed by atoms with Gasteiger partial charge in [-0.05, 0) is 64.5 Å². The smallest absolute Gasteiger partial charge is 0.0678 e. The normalized spacial score (nSPS) is 26.9. The third-order valence-electron chi connectivity index (χ3n) is 5.16. The summed E-state index contributed by atoms with van der Waals surface area (Å²) in [6.45, 7) is 12.2. The van der Waals surface area contributed by atoms with Crippen molar-refractivity contribution in [3.8, 4) is 0 Å². The summed E-state index contributed by atoms with van der Waals surface area (Å²) in [5.74, 6) is 0.865. The number of hydrogen-bond acceptors (Lipinski definition) is 2. The predicted octanol–water partition coefficient (Wildman–Crippen LogP) is 3.93. The minimum Gasteiger partial charge on any atom is -0.312 e. The van der Waals surface area contributed by atoms with Crippen molar-refractivity contribution in [2.45, 2.75) is 78.8 Å². The SMILES string of the molecule is CCCNC1CCC(CC)CC1n1nc(C)c(C)c1C. The second kappa shape index (κ2) is 6.75. The highest BCUT2D eigenvalue weighted by Gasteiger charge is 2.32. The van der Waals surface area contributed by atoms with Crippen LogP contribution in [0.25, 0.3) is 0 Å². The number of aryl methyl sites for hydroxylation is 1. The van der Waals surface area contributed by atoms with Crippen LogP contribution in [0, 0.1) is 26.7 Å². The second-order valence-corrected chi connectivity index (χ2v) is 6.46. The van der Waals surface area contributed by atoms with E-state index in [9.17, 15) is 0 Å². The Morgan fingerprint density at radius 1 is 1.20 bits per heavy atom. The highest BCUT2D eigenvalue weighted by molar-refractivity contribution is 5.23. The predicted molar refractivity (Wildman–Crippen MR) is 85.2 cm³/mol. The van der Waals surface area contributed by atoms with Crippen LogP contribution in [0.1, 0.15) is 68.9 Å². The topological polar surface area (TPSA) is 29.9 Å². The summed E-state index contributed by atoms with van der Waals surface area (Å²) in [6.07, 6.45) is 6.44. The van der Waals surface area contributed by atoms with Crippen LogP contribution in [0.2, 0.25) is 0 Å². The molecule has 114 valence electrons. The molecule has 0 saturated heterocycles. The van der Waals surface area contributed by atoms with Gasteiger partial charge in [0, 0.05) is 11.7 Å². The van der Waals surface area contributed by atoms with Gasteiger partial charge >= 0.3 is 0 Å². The maximum atomic E-state index is 4.84. The van der Waals surface area contributed by atoms with Crippen molar-refractivity contribution in [1.29, 1.82) is 0 Å². The Morgan fingerprint density at radius 2 is 1.95 bits per heavy atom. The van der Waals surface area contributed by atoms with E-state index < -0.39 is 0 Å². The van der Waals surface area contributed by atoms with E-state index in [4.69, 9.17) is 5.10 Å². The fourth-order valence-corrected chi connectivity index (χ4v) is 3.51. The lowest BCUT2D eigenvalue weighted by molar-refractivity contribution is 0.188. The molecule has 1 aliphatic carbocycles.